The van der Waals surface area contributed by atoms with Crippen LogP contribution in [-0.4, -0.2) is 5.91 Å². The van der Waals surface area contributed by atoms with Crippen molar-refractivity contribution in [2.24, 2.45) is 0 Å². The molecule has 0 heterocycles. The second-order valence-electron chi connectivity index (χ2n) is 4.30. The number of hydrogen-bond donors (Lipinski definition) is 2. The third-order valence-corrected chi connectivity index (χ3v) is 2.68. The molecule has 0 unspecified atom stereocenters. The molecule has 0 bridgehead atoms. The molecule has 0 saturated carbocycles. The third-order valence-electron chi connectivity index (χ3n) is 2.68. The van der Waals surface area contributed by atoms with Crippen molar-refractivity contribution in [2.75, 3.05) is 5.73 Å². The molecule has 0 aliphatic heterocycles. The molecule has 2 aromatic carbocycles. The number of nitrogens with one attached hydrogen (secondary N) is 1. The van der Waals surface area contributed by atoms with Crippen LogP contribution in [0.2, 0.25) is 0 Å². The van der Waals surface area contributed by atoms with Crippen molar-refractivity contribution >= 4 is 11.6 Å². The molecule has 2 rings (SSSR count). The first-order valence-electron chi connectivity index (χ1n) is 5.84. The van der Waals surface area contributed by atoms with Crippen molar-refractivity contribution in [3.63, 3.8) is 0 Å². The average Bonchev–Trinajstić information content (AvgIpc) is 2.36. The molecule has 92 valence electrons. The number of nitrogens with two attached hydrogens (primary N) is 1. The molecular weight excluding hydrogens is 224 g/mol. The molecule has 3 N–H and O–H groups in total. The van der Waals surface area contributed by atoms with Gasteiger partial charge in [0.1, 0.15) is 0 Å². The first-order valence-corrected chi connectivity index (χ1v) is 5.84. The fraction of sp³-hybridized carbons (Fsp3) is 0.133. The Morgan fingerprint density at radius 2 is 1.94 bits per heavy atom. The first-order chi connectivity index (χ1) is 8.65. The lowest BCUT2D eigenvalue weighted by molar-refractivity contribution is 0.0951. The Labute approximate surface area is 107 Å². The summed E-state index contributed by atoms with van der Waals surface area (Å²) >= 11 is 0. The average molecular weight is 240 g/mol. The molecule has 3 nitrogen and oxygen atoms in total. The molecule has 0 aromatic heterocycles. The van der Waals surface area contributed by atoms with E-state index in [-0.39, 0.29) is 5.91 Å². The van der Waals surface area contributed by atoms with E-state index >= 15 is 0 Å². The van der Waals surface area contributed by atoms with Crippen LogP contribution in [-0.2, 0) is 6.54 Å². The molecule has 0 aliphatic carbocycles. The van der Waals surface area contributed by atoms with E-state index in [4.69, 9.17) is 5.73 Å². The number of benzene rings is 2. The van der Waals surface area contributed by atoms with Crippen molar-refractivity contribution in [2.45, 2.75) is 13.5 Å². The summed E-state index contributed by atoms with van der Waals surface area (Å²) in [4.78, 5) is 11.9. The number of carbonyl (C=O) groups excluding carboxylic acids is 1. The third kappa shape index (κ3) is 3.10. The van der Waals surface area contributed by atoms with Gasteiger partial charge in [-0.2, -0.15) is 0 Å². The van der Waals surface area contributed by atoms with Crippen molar-refractivity contribution in [1.29, 1.82) is 0 Å². The maximum atomic E-state index is 11.9. The van der Waals surface area contributed by atoms with Gasteiger partial charge in [0.2, 0.25) is 0 Å². The summed E-state index contributed by atoms with van der Waals surface area (Å²) in [5.74, 6) is -0.0684. The van der Waals surface area contributed by atoms with Crippen LogP contribution in [0.3, 0.4) is 0 Å². The number of hydrogen-bond acceptors (Lipinski definition) is 2. The number of anilines is 1. The molecule has 3 heteroatoms. The lowest BCUT2D eigenvalue weighted by Crippen LogP contribution is -2.22. The van der Waals surface area contributed by atoms with E-state index in [1.165, 1.54) is 0 Å². The van der Waals surface area contributed by atoms with Gasteiger partial charge in [-0.05, 0) is 36.8 Å². The van der Waals surface area contributed by atoms with Crippen LogP contribution in [0.4, 0.5) is 5.69 Å². The van der Waals surface area contributed by atoms with Crippen LogP contribution in [0.25, 0.3) is 0 Å². The largest absolute Gasteiger partial charge is 0.399 e. The smallest absolute Gasteiger partial charge is 0.251 e. The fourth-order valence-electron chi connectivity index (χ4n) is 1.77. The van der Waals surface area contributed by atoms with E-state index in [0.717, 1.165) is 11.1 Å². The van der Waals surface area contributed by atoms with E-state index in [1.54, 1.807) is 0 Å². The molecule has 18 heavy (non-hydrogen) atoms. The van der Waals surface area contributed by atoms with Crippen molar-refractivity contribution in [1.82, 2.24) is 5.32 Å². The highest BCUT2D eigenvalue weighted by molar-refractivity contribution is 5.94. The van der Waals surface area contributed by atoms with Gasteiger partial charge in [-0.1, -0.05) is 29.8 Å². The lowest BCUT2D eigenvalue weighted by atomic mass is 10.1. The SMILES string of the molecule is Cc1cccc(C(=O)NCc2cccc(N)c2)c1. The minimum atomic E-state index is -0.0684. The minimum absolute atomic E-state index is 0.0684. The minimum Gasteiger partial charge on any atom is -0.399 e. The van der Waals surface area contributed by atoms with E-state index < -0.39 is 0 Å². The summed E-state index contributed by atoms with van der Waals surface area (Å²) in [6.45, 7) is 2.45. The van der Waals surface area contributed by atoms with Crippen LogP contribution in [0.1, 0.15) is 21.5 Å². The summed E-state index contributed by atoms with van der Waals surface area (Å²) in [6, 6.07) is 15.0. The number of aryl methyl sites for hydroxylation is 1. The topological polar surface area (TPSA) is 55.1 Å². The normalized spacial score (nSPS) is 10.1. The molecule has 2 aromatic rings. The maximum Gasteiger partial charge on any atom is 0.251 e. The maximum absolute atomic E-state index is 11.9. The van der Waals surface area contributed by atoms with E-state index in [2.05, 4.69) is 5.32 Å². The van der Waals surface area contributed by atoms with Gasteiger partial charge in [0.15, 0.2) is 0 Å². The molecule has 0 saturated heterocycles. The van der Waals surface area contributed by atoms with Gasteiger partial charge in [-0.15, -0.1) is 0 Å². The predicted octanol–water partition coefficient (Wildman–Crippen LogP) is 2.51. The van der Waals surface area contributed by atoms with Crippen LogP contribution in [0.5, 0.6) is 0 Å². The summed E-state index contributed by atoms with van der Waals surface area (Å²) in [7, 11) is 0. The molecule has 0 fully saturated rings. The van der Waals surface area contributed by atoms with Gasteiger partial charge in [0.05, 0.1) is 0 Å². The Balaban J connectivity index is 2.00. The van der Waals surface area contributed by atoms with Crippen molar-refractivity contribution in [3.8, 4) is 0 Å². The van der Waals surface area contributed by atoms with Gasteiger partial charge in [-0.25, -0.2) is 0 Å². The van der Waals surface area contributed by atoms with Crippen LogP contribution < -0.4 is 11.1 Å². The van der Waals surface area contributed by atoms with Gasteiger partial charge in [0, 0.05) is 17.8 Å². The van der Waals surface area contributed by atoms with Crippen molar-refractivity contribution in [3.05, 3.63) is 65.2 Å². The van der Waals surface area contributed by atoms with E-state index in [9.17, 15) is 4.79 Å². The van der Waals surface area contributed by atoms with E-state index in [0.29, 0.717) is 17.8 Å². The first kappa shape index (κ1) is 12.2. The Kier molecular flexibility index (Phi) is 3.63. The molecule has 0 atom stereocenters. The number of amides is 1. The number of carbonyl (C=O) groups is 1. The summed E-state index contributed by atoms with van der Waals surface area (Å²) in [5, 5.41) is 2.88. The quantitative estimate of drug-likeness (QED) is 0.810. The summed E-state index contributed by atoms with van der Waals surface area (Å²) in [6.07, 6.45) is 0. The standard InChI is InChI=1S/C15H16N2O/c1-11-4-2-6-13(8-11)15(18)17-10-12-5-3-7-14(16)9-12/h2-9H,10,16H2,1H3,(H,17,18). The summed E-state index contributed by atoms with van der Waals surface area (Å²) < 4.78 is 0. The lowest BCUT2D eigenvalue weighted by Gasteiger charge is -2.06. The van der Waals surface area contributed by atoms with Gasteiger partial charge in [-0.3, -0.25) is 4.79 Å². The van der Waals surface area contributed by atoms with Gasteiger partial charge < -0.3 is 11.1 Å². The zero-order chi connectivity index (χ0) is 13.0. The van der Waals surface area contributed by atoms with Crippen LogP contribution in [0.15, 0.2) is 48.5 Å². The summed E-state index contributed by atoms with van der Waals surface area (Å²) in [5.41, 5.74) is 9.14. The second kappa shape index (κ2) is 5.36. The second-order valence-corrected chi connectivity index (χ2v) is 4.30. The zero-order valence-corrected chi connectivity index (χ0v) is 10.3. The van der Waals surface area contributed by atoms with Crippen LogP contribution >= 0.6 is 0 Å². The Bertz CT molecular complexity index is 564. The van der Waals surface area contributed by atoms with Gasteiger partial charge >= 0.3 is 0 Å². The molecule has 0 spiro atoms. The molecule has 1 amide bonds. The predicted molar refractivity (Wildman–Crippen MR) is 73.2 cm³/mol. The zero-order valence-electron chi connectivity index (χ0n) is 10.3. The van der Waals surface area contributed by atoms with Crippen molar-refractivity contribution < 1.29 is 4.79 Å². The van der Waals surface area contributed by atoms with Gasteiger partial charge in [0.25, 0.3) is 5.91 Å². The Hall–Kier alpha value is -2.29. The number of nitrogen functional groups attached to an aromatic ring is 1. The molecule has 0 radical (unpaired) electrons. The van der Waals surface area contributed by atoms with Crippen LogP contribution in [0, 0.1) is 6.92 Å². The molecule has 0 aliphatic rings. The fourth-order valence-corrected chi connectivity index (χ4v) is 1.77. The monoisotopic (exact) mass is 240 g/mol. The van der Waals surface area contributed by atoms with E-state index in [1.807, 2.05) is 55.5 Å². The highest BCUT2D eigenvalue weighted by Gasteiger charge is 2.04. The highest BCUT2D eigenvalue weighted by Crippen LogP contribution is 2.07. The molecular formula is C15H16N2O. The Morgan fingerprint density at radius 1 is 1.17 bits per heavy atom. The Morgan fingerprint density at radius 3 is 2.67 bits per heavy atom. The highest BCUT2D eigenvalue weighted by atomic mass is 16.1. The number of rotatable bonds is 3.